The Morgan fingerprint density at radius 2 is 2.10 bits per heavy atom. The van der Waals surface area contributed by atoms with Gasteiger partial charge in [0.1, 0.15) is 5.75 Å². The minimum Gasteiger partial charge on any atom is -0.497 e. The zero-order valence-corrected chi connectivity index (χ0v) is 12.2. The predicted octanol–water partition coefficient (Wildman–Crippen LogP) is 2.85. The third-order valence-electron chi connectivity index (χ3n) is 4.07. The van der Waals surface area contributed by atoms with E-state index in [0.717, 1.165) is 25.7 Å². The van der Waals surface area contributed by atoms with Gasteiger partial charge in [-0.3, -0.25) is 0 Å². The molecule has 0 atom stereocenters. The highest BCUT2D eigenvalue weighted by molar-refractivity contribution is 6.00. The maximum atomic E-state index is 12.1. The largest absolute Gasteiger partial charge is 0.497 e. The first-order valence-corrected chi connectivity index (χ1v) is 7.00. The highest BCUT2D eigenvalue weighted by Crippen LogP contribution is 2.34. The van der Waals surface area contributed by atoms with E-state index >= 15 is 0 Å². The quantitative estimate of drug-likeness (QED) is 0.778. The van der Waals surface area contributed by atoms with Gasteiger partial charge in [-0.1, -0.05) is 6.92 Å². The van der Waals surface area contributed by atoms with Crippen molar-refractivity contribution >= 4 is 17.7 Å². The Morgan fingerprint density at radius 3 is 2.57 bits per heavy atom. The van der Waals surface area contributed by atoms with E-state index in [1.54, 1.807) is 6.07 Å². The van der Waals surface area contributed by atoms with E-state index in [1.807, 2.05) is 6.92 Å². The van der Waals surface area contributed by atoms with Crippen LogP contribution >= 0.6 is 0 Å². The first kappa shape index (κ1) is 15.2. The van der Waals surface area contributed by atoms with Crippen LogP contribution in [-0.2, 0) is 0 Å². The summed E-state index contributed by atoms with van der Waals surface area (Å²) in [4.78, 5) is 23.3. The molecular formula is C15H20N2O4. The van der Waals surface area contributed by atoms with Crippen molar-refractivity contribution < 1.29 is 19.4 Å². The molecule has 0 aliphatic heterocycles. The standard InChI is InChI=1S/C15H20N2O4/c1-3-15(7-4-8-15)17-14(20)16-12-9-10(21-2)5-6-11(12)13(18)19/h5-6,9H,3-4,7-8H2,1-2H3,(H,18,19)(H2,16,17,20). The summed E-state index contributed by atoms with van der Waals surface area (Å²) in [5.74, 6) is -0.606. The summed E-state index contributed by atoms with van der Waals surface area (Å²) in [5.41, 5.74) is 0.113. The predicted molar refractivity (Wildman–Crippen MR) is 79.0 cm³/mol. The van der Waals surface area contributed by atoms with E-state index in [1.165, 1.54) is 19.2 Å². The van der Waals surface area contributed by atoms with Crippen molar-refractivity contribution in [3.05, 3.63) is 23.8 Å². The summed E-state index contributed by atoms with van der Waals surface area (Å²) in [6.45, 7) is 2.04. The monoisotopic (exact) mass is 292 g/mol. The second kappa shape index (κ2) is 6.03. The number of anilines is 1. The lowest BCUT2D eigenvalue weighted by Crippen LogP contribution is -2.54. The average Bonchev–Trinajstić information content (AvgIpc) is 2.42. The number of carbonyl (C=O) groups is 2. The molecule has 0 spiro atoms. The van der Waals surface area contributed by atoms with Gasteiger partial charge in [0, 0.05) is 11.6 Å². The number of amides is 2. The van der Waals surface area contributed by atoms with E-state index in [2.05, 4.69) is 10.6 Å². The van der Waals surface area contributed by atoms with Crippen LogP contribution in [0.4, 0.5) is 10.5 Å². The Kier molecular flexibility index (Phi) is 4.35. The van der Waals surface area contributed by atoms with Crippen molar-refractivity contribution in [2.24, 2.45) is 0 Å². The van der Waals surface area contributed by atoms with Gasteiger partial charge in [-0.2, -0.15) is 0 Å². The summed E-state index contributed by atoms with van der Waals surface area (Å²) in [6.07, 6.45) is 3.89. The fourth-order valence-corrected chi connectivity index (χ4v) is 2.51. The molecule has 2 amide bonds. The molecule has 0 aromatic heterocycles. The fraction of sp³-hybridized carbons (Fsp3) is 0.467. The first-order valence-electron chi connectivity index (χ1n) is 7.00. The molecule has 1 aliphatic carbocycles. The Morgan fingerprint density at radius 1 is 1.38 bits per heavy atom. The molecule has 1 saturated carbocycles. The number of carboxylic acid groups (broad SMARTS) is 1. The van der Waals surface area contributed by atoms with Gasteiger partial charge in [-0.25, -0.2) is 9.59 Å². The molecular weight excluding hydrogens is 272 g/mol. The van der Waals surface area contributed by atoms with Crippen molar-refractivity contribution in [3.63, 3.8) is 0 Å². The number of carboxylic acids is 1. The number of carbonyl (C=O) groups excluding carboxylic acids is 1. The molecule has 3 N–H and O–H groups in total. The number of nitrogens with one attached hydrogen (secondary N) is 2. The van der Waals surface area contributed by atoms with Crippen LogP contribution in [0.25, 0.3) is 0 Å². The van der Waals surface area contributed by atoms with E-state index in [9.17, 15) is 9.59 Å². The molecule has 6 nitrogen and oxygen atoms in total. The van der Waals surface area contributed by atoms with Crippen LogP contribution in [0.1, 0.15) is 43.0 Å². The lowest BCUT2D eigenvalue weighted by molar-refractivity contribution is 0.0698. The number of hydrogen-bond donors (Lipinski definition) is 3. The Balaban J connectivity index is 2.14. The smallest absolute Gasteiger partial charge is 0.337 e. The Labute approximate surface area is 123 Å². The number of hydrogen-bond acceptors (Lipinski definition) is 3. The molecule has 2 rings (SSSR count). The fourth-order valence-electron chi connectivity index (χ4n) is 2.51. The van der Waals surface area contributed by atoms with E-state index in [4.69, 9.17) is 9.84 Å². The molecule has 0 bridgehead atoms. The second-order valence-electron chi connectivity index (χ2n) is 5.28. The van der Waals surface area contributed by atoms with Gasteiger partial charge in [0.15, 0.2) is 0 Å². The van der Waals surface area contributed by atoms with Crippen molar-refractivity contribution in [3.8, 4) is 5.75 Å². The number of benzene rings is 1. The number of rotatable bonds is 5. The third-order valence-corrected chi connectivity index (χ3v) is 4.07. The van der Waals surface area contributed by atoms with Gasteiger partial charge in [0.05, 0.1) is 18.4 Å². The molecule has 114 valence electrons. The number of methoxy groups -OCH3 is 1. The van der Waals surface area contributed by atoms with Crippen LogP contribution < -0.4 is 15.4 Å². The zero-order chi connectivity index (χ0) is 15.5. The van der Waals surface area contributed by atoms with Crippen LogP contribution in [-0.4, -0.2) is 29.8 Å². The average molecular weight is 292 g/mol. The summed E-state index contributed by atoms with van der Waals surface area (Å²) in [6, 6.07) is 4.08. The number of ether oxygens (including phenoxy) is 1. The van der Waals surface area contributed by atoms with E-state index in [-0.39, 0.29) is 22.8 Å². The molecule has 0 unspecified atom stereocenters. The highest BCUT2D eigenvalue weighted by atomic mass is 16.5. The summed E-state index contributed by atoms with van der Waals surface area (Å²) in [5, 5.41) is 14.7. The molecule has 1 fully saturated rings. The van der Waals surface area contributed by atoms with E-state index in [0.29, 0.717) is 5.75 Å². The highest BCUT2D eigenvalue weighted by Gasteiger charge is 2.36. The second-order valence-corrected chi connectivity index (χ2v) is 5.28. The van der Waals surface area contributed by atoms with Crippen LogP contribution in [0.2, 0.25) is 0 Å². The zero-order valence-electron chi connectivity index (χ0n) is 12.2. The SMILES string of the molecule is CCC1(NC(=O)Nc2cc(OC)ccc2C(=O)O)CCC1. The van der Waals surface area contributed by atoms with Crippen LogP contribution in [0.15, 0.2) is 18.2 Å². The third kappa shape index (κ3) is 3.26. The first-order chi connectivity index (χ1) is 9.99. The molecule has 21 heavy (non-hydrogen) atoms. The van der Waals surface area contributed by atoms with Gasteiger partial charge in [0.25, 0.3) is 0 Å². The summed E-state index contributed by atoms with van der Waals surface area (Å²) in [7, 11) is 1.49. The molecule has 0 saturated heterocycles. The summed E-state index contributed by atoms with van der Waals surface area (Å²) < 4.78 is 5.06. The molecule has 1 aromatic rings. The van der Waals surface area contributed by atoms with Crippen LogP contribution in [0.5, 0.6) is 5.75 Å². The van der Waals surface area contributed by atoms with Gasteiger partial charge in [-0.05, 0) is 37.8 Å². The van der Waals surface area contributed by atoms with Crippen molar-refractivity contribution in [1.29, 1.82) is 0 Å². The van der Waals surface area contributed by atoms with Crippen molar-refractivity contribution in [1.82, 2.24) is 5.32 Å². The normalized spacial score (nSPS) is 15.7. The molecule has 1 aliphatic rings. The molecule has 6 heteroatoms. The van der Waals surface area contributed by atoms with Gasteiger partial charge < -0.3 is 20.5 Å². The van der Waals surface area contributed by atoms with Gasteiger partial charge >= 0.3 is 12.0 Å². The van der Waals surface area contributed by atoms with Gasteiger partial charge in [0.2, 0.25) is 0 Å². The number of aromatic carboxylic acids is 1. The van der Waals surface area contributed by atoms with E-state index < -0.39 is 5.97 Å². The topological polar surface area (TPSA) is 87.7 Å². The lowest BCUT2D eigenvalue weighted by atomic mass is 9.75. The Bertz CT molecular complexity index is 547. The van der Waals surface area contributed by atoms with Crippen molar-refractivity contribution in [2.45, 2.75) is 38.1 Å². The molecule has 0 heterocycles. The van der Waals surface area contributed by atoms with Crippen LogP contribution in [0, 0.1) is 0 Å². The molecule has 1 aromatic carbocycles. The minimum absolute atomic E-state index is 0.0325. The molecule has 0 radical (unpaired) electrons. The van der Waals surface area contributed by atoms with Gasteiger partial charge in [-0.15, -0.1) is 0 Å². The number of urea groups is 1. The summed E-state index contributed by atoms with van der Waals surface area (Å²) >= 11 is 0. The van der Waals surface area contributed by atoms with Crippen molar-refractivity contribution in [2.75, 3.05) is 12.4 Å². The van der Waals surface area contributed by atoms with Crippen LogP contribution in [0.3, 0.4) is 0 Å². The maximum absolute atomic E-state index is 12.1. The lowest BCUT2D eigenvalue weighted by Gasteiger charge is -2.41. The Hall–Kier alpha value is -2.24. The minimum atomic E-state index is -1.10. The maximum Gasteiger partial charge on any atom is 0.337 e.